The van der Waals surface area contributed by atoms with E-state index in [-0.39, 0.29) is 12.8 Å². The number of aliphatic carboxylic acids is 1. The monoisotopic (exact) mass is 382 g/mol. The van der Waals surface area contributed by atoms with Crippen LogP contribution in [0.25, 0.3) is 0 Å². The van der Waals surface area contributed by atoms with Crippen molar-refractivity contribution in [1.29, 1.82) is 0 Å². The lowest BCUT2D eigenvalue weighted by Crippen LogP contribution is -2.04. The van der Waals surface area contributed by atoms with Gasteiger partial charge in [-0.2, -0.15) is 0 Å². The van der Waals surface area contributed by atoms with Crippen LogP contribution in [0.5, 0.6) is 0 Å². The molecule has 0 aliphatic carbocycles. The van der Waals surface area contributed by atoms with Crippen molar-refractivity contribution in [3.63, 3.8) is 0 Å². The van der Waals surface area contributed by atoms with Gasteiger partial charge in [0, 0.05) is 18.4 Å². The van der Waals surface area contributed by atoms with Crippen molar-refractivity contribution in [2.75, 3.05) is 0 Å². The molecule has 25 heavy (non-hydrogen) atoms. The molecular weight excluding hydrogens is 363 g/mol. The molecule has 4 nitrogen and oxygen atoms in total. The van der Waals surface area contributed by atoms with E-state index in [0.29, 0.717) is 22.9 Å². The van der Waals surface area contributed by atoms with Crippen LogP contribution < -0.4 is 0 Å². The Kier molecular flexibility index (Phi) is 9.98. The molecule has 1 rings (SSSR count). The van der Waals surface area contributed by atoms with E-state index in [1.807, 2.05) is 0 Å². The van der Waals surface area contributed by atoms with Crippen LogP contribution in [-0.4, -0.2) is 33.5 Å². The van der Waals surface area contributed by atoms with Crippen molar-refractivity contribution in [2.45, 2.75) is 37.9 Å². The Bertz CT molecular complexity index is 686. The van der Waals surface area contributed by atoms with E-state index in [2.05, 4.69) is 11.8 Å². The molecule has 0 aliphatic heterocycles. The quantitative estimate of drug-likeness (QED) is 0.471. The number of allylic oxidation sites excluding steroid dienone is 2. The number of halogens is 2. The summed E-state index contributed by atoms with van der Waals surface area (Å²) in [5, 5.41) is 28.8. The van der Waals surface area contributed by atoms with Gasteiger partial charge in [0.15, 0.2) is 0 Å². The van der Waals surface area contributed by atoms with Crippen LogP contribution in [0, 0.1) is 11.8 Å². The van der Waals surface area contributed by atoms with Crippen LogP contribution in [0.3, 0.4) is 0 Å². The first-order valence-electron chi connectivity index (χ1n) is 7.75. The summed E-state index contributed by atoms with van der Waals surface area (Å²) >= 11 is 11.7. The largest absolute Gasteiger partial charge is 0.481 e. The minimum atomic E-state index is -0.874. The van der Waals surface area contributed by atoms with Crippen LogP contribution in [0.15, 0.2) is 42.5 Å². The summed E-state index contributed by atoms with van der Waals surface area (Å²) in [6, 6.07) is 5.07. The van der Waals surface area contributed by atoms with Gasteiger partial charge >= 0.3 is 5.97 Å². The molecule has 0 aliphatic rings. The first-order valence-corrected chi connectivity index (χ1v) is 8.51. The zero-order valence-electron chi connectivity index (χ0n) is 13.5. The highest BCUT2D eigenvalue weighted by Gasteiger charge is 2.01. The molecule has 0 radical (unpaired) electrons. The van der Waals surface area contributed by atoms with Gasteiger partial charge in [-0.3, -0.25) is 4.79 Å². The fraction of sp³-hybridized carbons (Fsp3) is 0.316. The van der Waals surface area contributed by atoms with Crippen molar-refractivity contribution in [2.24, 2.45) is 0 Å². The Morgan fingerprint density at radius 1 is 1.12 bits per heavy atom. The van der Waals surface area contributed by atoms with Gasteiger partial charge in [0.25, 0.3) is 0 Å². The third kappa shape index (κ3) is 9.96. The average molecular weight is 383 g/mol. The highest BCUT2D eigenvalue weighted by molar-refractivity contribution is 6.42. The SMILES string of the molecule is O=C(O)CCC[C@H](O)/C=C/C=C/[C@H](O)CC#Cc1ccc(Cl)c(Cl)c1. The van der Waals surface area contributed by atoms with Gasteiger partial charge in [-0.15, -0.1) is 0 Å². The van der Waals surface area contributed by atoms with Gasteiger partial charge in [-0.05, 0) is 31.0 Å². The molecule has 0 aromatic heterocycles. The molecule has 3 N–H and O–H groups in total. The lowest BCUT2D eigenvalue weighted by molar-refractivity contribution is -0.137. The van der Waals surface area contributed by atoms with Gasteiger partial charge in [-0.1, -0.05) is 59.3 Å². The van der Waals surface area contributed by atoms with E-state index in [1.165, 1.54) is 0 Å². The molecule has 1 aromatic carbocycles. The fourth-order valence-electron chi connectivity index (χ4n) is 1.84. The van der Waals surface area contributed by atoms with Gasteiger partial charge in [0.2, 0.25) is 0 Å². The second-order valence-electron chi connectivity index (χ2n) is 5.33. The van der Waals surface area contributed by atoms with E-state index in [9.17, 15) is 15.0 Å². The second-order valence-corrected chi connectivity index (χ2v) is 6.14. The Labute approximate surface area is 157 Å². The Hall–Kier alpha value is -1.77. The molecule has 0 bridgehead atoms. The normalized spacial score (nSPS) is 13.6. The molecule has 0 saturated carbocycles. The first kappa shape index (κ1) is 21.3. The second kappa shape index (κ2) is 11.7. The van der Waals surface area contributed by atoms with Crippen LogP contribution in [0.4, 0.5) is 0 Å². The van der Waals surface area contributed by atoms with Gasteiger partial charge in [-0.25, -0.2) is 0 Å². The van der Waals surface area contributed by atoms with E-state index in [4.69, 9.17) is 28.3 Å². The minimum absolute atomic E-state index is 0.0386. The van der Waals surface area contributed by atoms with E-state index < -0.39 is 18.2 Å². The smallest absolute Gasteiger partial charge is 0.303 e. The van der Waals surface area contributed by atoms with Crippen molar-refractivity contribution >= 4 is 29.2 Å². The molecule has 0 spiro atoms. The van der Waals surface area contributed by atoms with E-state index in [1.54, 1.807) is 42.5 Å². The van der Waals surface area contributed by atoms with Gasteiger partial charge < -0.3 is 15.3 Å². The van der Waals surface area contributed by atoms with Crippen molar-refractivity contribution in [1.82, 2.24) is 0 Å². The number of hydrogen-bond donors (Lipinski definition) is 3. The van der Waals surface area contributed by atoms with Crippen LogP contribution >= 0.6 is 23.2 Å². The number of rotatable bonds is 8. The minimum Gasteiger partial charge on any atom is -0.481 e. The zero-order valence-corrected chi connectivity index (χ0v) is 15.0. The predicted molar refractivity (Wildman–Crippen MR) is 99.7 cm³/mol. The topological polar surface area (TPSA) is 77.8 Å². The molecule has 2 atom stereocenters. The molecule has 134 valence electrons. The van der Waals surface area contributed by atoms with Crippen molar-refractivity contribution < 1.29 is 20.1 Å². The van der Waals surface area contributed by atoms with Gasteiger partial charge in [0.05, 0.1) is 22.3 Å². The highest BCUT2D eigenvalue weighted by atomic mass is 35.5. The number of aliphatic hydroxyl groups excluding tert-OH is 2. The summed E-state index contributed by atoms with van der Waals surface area (Å²) in [4.78, 5) is 10.4. The van der Waals surface area contributed by atoms with Crippen LogP contribution in [0.1, 0.15) is 31.2 Å². The maximum Gasteiger partial charge on any atom is 0.303 e. The molecule has 6 heteroatoms. The maximum absolute atomic E-state index is 10.4. The number of hydrogen-bond acceptors (Lipinski definition) is 3. The highest BCUT2D eigenvalue weighted by Crippen LogP contribution is 2.22. The Morgan fingerprint density at radius 3 is 2.44 bits per heavy atom. The molecule has 0 saturated heterocycles. The van der Waals surface area contributed by atoms with Gasteiger partial charge in [0.1, 0.15) is 0 Å². The van der Waals surface area contributed by atoms with Crippen LogP contribution in [0.2, 0.25) is 10.0 Å². The summed E-state index contributed by atoms with van der Waals surface area (Å²) in [6.07, 6.45) is 6.00. The summed E-state index contributed by atoms with van der Waals surface area (Å²) < 4.78 is 0. The molecule has 0 fully saturated rings. The van der Waals surface area contributed by atoms with E-state index in [0.717, 1.165) is 5.56 Å². The predicted octanol–water partition coefficient (Wildman–Crippen LogP) is 3.82. The third-order valence-electron chi connectivity index (χ3n) is 3.13. The Morgan fingerprint density at radius 2 is 1.80 bits per heavy atom. The summed E-state index contributed by atoms with van der Waals surface area (Å²) in [5.41, 5.74) is 0.718. The zero-order chi connectivity index (χ0) is 18.7. The lowest BCUT2D eigenvalue weighted by Gasteiger charge is -2.02. The number of carboxylic acid groups (broad SMARTS) is 1. The summed E-state index contributed by atoms with van der Waals surface area (Å²) in [7, 11) is 0. The number of carboxylic acids is 1. The molecular formula is C19H20Cl2O4. The summed E-state index contributed by atoms with van der Waals surface area (Å²) in [5.74, 6) is 4.87. The maximum atomic E-state index is 10.4. The average Bonchev–Trinajstić information content (AvgIpc) is 2.54. The van der Waals surface area contributed by atoms with Crippen molar-refractivity contribution in [3.8, 4) is 11.8 Å². The lowest BCUT2D eigenvalue weighted by atomic mass is 10.1. The summed E-state index contributed by atoms with van der Waals surface area (Å²) in [6.45, 7) is 0. The fourth-order valence-corrected chi connectivity index (χ4v) is 2.14. The number of benzene rings is 1. The molecule has 0 unspecified atom stereocenters. The van der Waals surface area contributed by atoms with Crippen LogP contribution in [-0.2, 0) is 4.79 Å². The standard InChI is InChI=1S/C19H20Cl2O4/c20-17-12-11-14(13-18(17)21)5-3-8-15(22)6-1-2-7-16(23)9-4-10-19(24)25/h1-2,6-7,11-13,15-16,22-23H,4,8-10H2,(H,24,25)/b6-1+,7-2+/t15-,16+/m0/s1. The number of carbonyl (C=O) groups is 1. The first-order chi connectivity index (χ1) is 11.9. The van der Waals surface area contributed by atoms with Crippen molar-refractivity contribution in [3.05, 3.63) is 58.1 Å². The Balaban J connectivity index is 2.36. The third-order valence-corrected chi connectivity index (χ3v) is 3.87. The number of aliphatic hydroxyl groups is 2. The molecule has 0 heterocycles. The molecule has 0 amide bonds. The van der Waals surface area contributed by atoms with E-state index >= 15 is 0 Å². The molecule has 1 aromatic rings.